The van der Waals surface area contributed by atoms with Crippen LogP contribution in [-0.2, 0) is 4.74 Å². The molecule has 1 fully saturated rings. The maximum Gasteiger partial charge on any atom is 0.184 e. The molecule has 0 bridgehead atoms. The highest BCUT2D eigenvalue weighted by atomic mass is 19.1. The first-order valence-electron chi connectivity index (χ1n) is 6.68. The van der Waals surface area contributed by atoms with E-state index in [0.717, 1.165) is 19.3 Å². The summed E-state index contributed by atoms with van der Waals surface area (Å²) in [6, 6.07) is 6.02. The van der Waals surface area contributed by atoms with E-state index in [0.29, 0.717) is 23.7 Å². The van der Waals surface area contributed by atoms with Crippen molar-refractivity contribution in [3.63, 3.8) is 0 Å². The van der Waals surface area contributed by atoms with Crippen LogP contribution < -0.4 is 5.32 Å². The van der Waals surface area contributed by atoms with Gasteiger partial charge in [-0.05, 0) is 37.5 Å². The lowest BCUT2D eigenvalue weighted by Gasteiger charge is -2.20. The minimum atomic E-state index is -0.339. The molecule has 1 aliphatic rings. The van der Waals surface area contributed by atoms with Crippen LogP contribution in [0.4, 0.5) is 15.8 Å². The zero-order chi connectivity index (χ0) is 13.9. The zero-order valence-electron chi connectivity index (χ0n) is 10.9. The van der Waals surface area contributed by atoms with Gasteiger partial charge in [0.25, 0.3) is 0 Å². The van der Waals surface area contributed by atoms with E-state index in [1.807, 2.05) is 0 Å². The predicted octanol–water partition coefficient (Wildman–Crippen LogP) is 4.11. The maximum atomic E-state index is 13.1. The summed E-state index contributed by atoms with van der Waals surface area (Å²) < 4.78 is 24.1. The van der Waals surface area contributed by atoms with Gasteiger partial charge < -0.3 is 19.6 Å². The molecule has 1 unspecified atom stereocenters. The quantitative estimate of drug-likeness (QED) is 0.886. The third-order valence-corrected chi connectivity index (χ3v) is 3.37. The van der Waals surface area contributed by atoms with Gasteiger partial charge in [0.15, 0.2) is 11.5 Å². The first-order valence-corrected chi connectivity index (χ1v) is 6.68. The van der Waals surface area contributed by atoms with E-state index < -0.39 is 0 Å². The SMILES string of the molecule is Oc1c(Nc2cccc(F)c2)coc1C1CCCCO1. The second-order valence-corrected chi connectivity index (χ2v) is 4.85. The molecule has 20 heavy (non-hydrogen) atoms. The van der Waals surface area contributed by atoms with Crippen molar-refractivity contribution in [2.24, 2.45) is 0 Å². The number of anilines is 2. The second-order valence-electron chi connectivity index (χ2n) is 4.85. The summed E-state index contributed by atoms with van der Waals surface area (Å²) >= 11 is 0. The minimum absolute atomic E-state index is 0.0289. The summed E-state index contributed by atoms with van der Waals surface area (Å²) in [5.74, 6) is 0.124. The number of nitrogens with one attached hydrogen (secondary N) is 1. The Morgan fingerprint density at radius 2 is 2.20 bits per heavy atom. The number of aromatic hydroxyl groups is 1. The fourth-order valence-electron chi connectivity index (χ4n) is 2.35. The van der Waals surface area contributed by atoms with Gasteiger partial charge in [0, 0.05) is 12.3 Å². The molecule has 2 heterocycles. The molecule has 0 amide bonds. The summed E-state index contributed by atoms with van der Waals surface area (Å²) in [5.41, 5.74) is 0.969. The van der Waals surface area contributed by atoms with Crippen LogP contribution in [0.25, 0.3) is 0 Å². The van der Waals surface area contributed by atoms with Crippen molar-refractivity contribution >= 4 is 11.4 Å². The van der Waals surface area contributed by atoms with Crippen LogP contribution in [0.15, 0.2) is 34.9 Å². The molecule has 4 nitrogen and oxygen atoms in total. The predicted molar refractivity (Wildman–Crippen MR) is 72.6 cm³/mol. The van der Waals surface area contributed by atoms with E-state index in [4.69, 9.17) is 9.15 Å². The highest BCUT2D eigenvalue weighted by Crippen LogP contribution is 2.40. The van der Waals surface area contributed by atoms with E-state index in [1.54, 1.807) is 12.1 Å². The first kappa shape index (κ1) is 13.0. The number of hydrogen-bond donors (Lipinski definition) is 2. The van der Waals surface area contributed by atoms with E-state index in [9.17, 15) is 9.50 Å². The molecular formula is C15H16FNO3. The molecule has 5 heteroatoms. The number of ether oxygens (including phenoxy) is 1. The third kappa shape index (κ3) is 2.63. The molecule has 1 atom stereocenters. The number of halogens is 1. The highest BCUT2D eigenvalue weighted by Gasteiger charge is 2.25. The van der Waals surface area contributed by atoms with Crippen molar-refractivity contribution in [3.8, 4) is 5.75 Å². The monoisotopic (exact) mass is 277 g/mol. The van der Waals surface area contributed by atoms with Crippen LogP contribution in [0, 0.1) is 5.82 Å². The molecule has 0 spiro atoms. The van der Waals surface area contributed by atoms with E-state index in [1.165, 1.54) is 18.4 Å². The fourth-order valence-corrected chi connectivity index (χ4v) is 2.35. The molecule has 1 aliphatic heterocycles. The van der Waals surface area contributed by atoms with Gasteiger partial charge >= 0.3 is 0 Å². The number of hydrogen-bond acceptors (Lipinski definition) is 4. The molecular weight excluding hydrogens is 261 g/mol. The fraction of sp³-hybridized carbons (Fsp3) is 0.333. The van der Waals surface area contributed by atoms with Crippen LogP contribution in [0.5, 0.6) is 5.75 Å². The standard InChI is InChI=1S/C15H16FNO3/c16-10-4-3-5-11(8-10)17-12-9-20-15(14(12)18)13-6-1-2-7-19-13/h3-5,8-9,13,17-18H,1-2,6-7H2. The van der Waals surface area contributed by atoms with Crippen LogP contribution in [0.2, 0.25) is 0 Å². The van der Waals surface area contributed by atoms with Crippen molar-refractivity contribution < 1.29 is 18.7 Å². The zero-order valence-corrected chi connectivity index (χ0v) is 10.9. The lowest BCUT2D eigenvalue weighted by atomic mass is 10.1. The van der Waals surface area contributed by atoms with Crippen LogP contribution in [-0.4, -0.2) is 11.7 Å². The average Bonchev–Trinajstić information content (AvgIpc) is 2.81. The Morgan fingerprint density at radius 1 is 1.30 bits per heavy atom. The van der Waals surface area contributed by atoms with E-state index in [2.05, 4.69) is 5.32 Å². The van der Waals surface area contributed by atoms with Gasteiger partial charge in [-0.15, -0.1) is 0 Å². The number of furan rings is 1. The van der Waals surface area contributed by atoms with E-state index in [-0.39, 0.29) is 17.7 Å². The Labute approximate surface area is 116 Å². The molecule has 106 valence electrons. The Hall–Kier alpha value is -2.01. The molecule has 1 aromatic heterocycles. The van der Waals surface area contributed by atoms with Gasteiger partial charge in [-0.25, -0.2) is 4.39 Å². The largest absolute Gasteiger partial charge is 0.503 e. The molecule has 2 aromatic rings. The third-order valence-electron chi connectivity index (χ3n) is 3.37. The molecule has 0 aliphatic carbocycles. The summed E-state index contributed by atoms with van der Waals surface area (Å²) in [4.78, 5) is 0. The van der Waals surface area contributed by atoms with Crippen molar-refractivity contribution in [2.75, 3.05) is 11.9 Å². The Morgan fingerprint density at radius 3 is 2.95 bits per heavy atom. The smallest absolute Gasteiger partial charge is 0.184 e. The van der Waals surface area contributed by atoms with Crippen LogP contribution in [0.3, 0.4) is 0 Å². The van der Waals surface area contributed by atoms with Crippen LogP contribution in [0.1, 0.15) is 31.1 Å². The molecule has 1 aromatic carbocycles. The van der Waals surface area contributed by atoms with Crippen molar-refractivity contribution in [3.05, 3.63) is 42.1 Å². The lowest BCUT2D eigenvalue weighted by molar-refractivity contribution is 0.000248. The Bertz CT molecular complexity index is 591. The van der Waals surface area contributed by atoms with Crippen molar-refractivity contribution in [1.29, 1.82) is 0 Å². The Kier molecular flexibility index (Phi) is 3.60. The molecule has 0 saturated carbocycles. The van der Waals surface area contributed by atoms with Gasteiger partial charge in [0.1, 0.15) is 23.9 Å². The summed E-state index contributed by atoms with van der Waals surface area (Å²) in [7, 11) is 0. The topological polar surface area (TPSA) is 54.6 Å². The summed E-state index contributed by atoms with van der Waals surface area (Å²) in [6.45, 7) is 0.678. The molecule has 2 N–H and O–H groups in total. The lowest BCUT2D eigenvalue weighted by Crippen LogP contribution is -2.10. The van der Waals surface area contributed by atoms with Crippen molar-refractivity contribution in [1.82, 2.24) is 0 Å². The molecule has 3 rings (SSSR count). The summed E-state index contributed by atoms with van der Waals surface area (Å²) in [6.07, 6.45) is 4.14. The summed E-state index contributed by atoms with van der Waals surface area (Å²) in [5, 5.41) is 13.1. The number of rotatable bonds is 3. The van der Waals surface area contributed by atoms with Crippen LogP contribution >= 0.6 is 0 Å². The van der Waals surface area contributed by atoms with Crippen molar-refractivity contribution in [2.45, 2.75) is 25.4 Å². The van der Waals surface area contributed by atoms with Gasteiger partial charge in [-0.1, -0.05) is 6.07 Å². The number of benzene rings is 1. The van der Waals surface area contributed by atoms with Gasteiger partial charge in [-0.3, -0.25) is 0 Å². The van der Waals surface area contributed by atoms with Gasteiger partial charge in [0.05, 0.1) is 0 Å². The van der Waals surface area contributed by atoms with E-state index >= 15 is 0 Å². The second kappa shape index (κ2) is 5.54. The normalized spacial score (nSPS) is 18.9. The first-order chi connectivity index (χ1) is 9.74. The minimum Gasteiger partial charge on any atom is -0.503 e. The molecule has 0 radical (unpaired) electrons. The highest BCUT2D eigenvalue weighted by molar-refractivity contribution is 5.66. The van der Waals surface area contributed by atoms with Gasteiger partial charge in [-0.2, -0.15) is 0 Å². The van der Waals surface area contributed by atoms with Gasteiger partial charge in [0.2, 0.25) is 0 Å². The maximum absolute atomic E-state index is 13.1. The molecule has 1 saturated heterocycles. The Balaban J connectivity index is 1.79. The average molecular weight is 277 g/mol.